The Kier molecular flexibility index (Phi) is 3.02. The Morgan fingerprint density at radius 1 is 1.11 bits per heavy atom. The van der Waals surface area contributed by atoms with Crippen LogP contribution < -0.4 is 0 Å². The van der Waals surface area contributed by atoms with Crippen LogP contribution in [0.2, 0.25) is 0 Å². The molecule has 0 radical (unpaired) electrons. The molecule has 0 unspecified atom stereocenters. The lowest BCUT2D eigenvalue weighted by atomic mass is 9.48. The molecule has 4 heteroatoms. The summed E-state index contributed by atoms with van der Waals surface area (Å²) in [6.07, 6.45) is 7.65. The van der Waals surface area contributed by atoms with Gasteiger partial charge in [-0.15, -0.1) is 11.3 Å². The molecule has 0 atom stereocenters. The zero-order valence-electron chi connectivity index (χ0n) is 10.6. The summed E-state index contributed by atoms with van der Waals surface area (Å²) in [5.74, 6) is 2.94. The summed E-state index contributed by atoms with van der Waals surface area (Å²) < 4.78 is 2.06. The van der Waals surface area contributed by atoms with Crippen LogP contribution in [0.4, 0.5) is 0 Å². The SMILES string of the molecule is O=C(c1cc(Br)c(Br)s1)C12CC3CC(CC(C3)C1)C2. The maximum Gasteiger partial charge on any atom is 0.179 e. The molecule has 0 aromatic carbocycles. The molecule has 0 amide bonds. The third-order valence-electron chi connectivity index (χ3n) is 5.39. The van der Waals surface area contributed by atoms with E-state index in [1.165, 1.54) is 19.3 Å². The lowest BCUT2D eigenvalue weighted by molar-refractivity contribution is -0.0350. The molecule has 4 bridgehead atoms. The van der Waals surface area contributed by atoms with E-state index in [9.17, 15) is 4.79 Å². The number of ketones is 1. The van der Waals surface area contributed by atoms with Crippen molar-refractivity contribution in [2.24, 2.45) is 23.2 Å². The molecule has 0 spiro atoms. The highest BCUT2D eigenvalue weighted by atomic mass is 79.9. The Bertz CT molecular complexity index is 494. The lowest BCUT2D eigenvalue weighted by Crippen LogP contribution is -2.49. The molecule has 102 valence electrons. The molecule has 4 saturated carbocycles. The van der Waals surface area contributed by atoms with E-state index in [0.29, 0.717) is 5.78 Å². The average Bonchev–Trinajstić information content (AvgIpc) is 2.67. The predicted octanol–water partition coefficient (Wildman–Crippen LogP) is 5.67. The Morgan fingerprint density at radius 3 is 2.05 bits per heavy atom. The highest BCUT2D eigenvalue weighted by Crippen LogP contribution is 2.61. The van der Waals surface area contributed by atoms with Crippen LogP contribution in [-0.2, 0) is 0 Å². The summed E-state index contributed by atoms with van der Waals surface area (Å²) >= 11 is 8.61. The topological polar surface area (TPSA) is 17.1 Å². The van der Waals surface area contributed by atoms with Gasteiger partial charge in [0.1, 0.15) is 0 Å². The fraction of sp³-hybridized carbons (Fsp3) is 0.667. The summed E-state index contributed by atoms with van der Waals surface area (Å²) in [5.41, 5.74) is -0.00150. The van der Waals surface area contributed by atoms with Crippen LogP contribution in [0.5, 0.6) is 0 Å². The molecule has 0 aliphatic heterocycles. The van der Waals surface area contributed by atoms with E-state index in [1.54, 1.807) is 11.3 Å². The summed E-state index contributed by atoms with van der Waals surface area (Å²) in [6, 6.07) is 2.01. The van der Waals surface area contributed by atoms with Gasteiger partial charge in [-0.2, -0.15) is 0 Å². The van der Waals surface area contributed by atoms with Crippen LogP contribution in [0.15, 0.2) is 14.3 Å². The lowest BCUT2D eigenvalue weighted by Gasteiger charge is -2.55. The quantitative estimate of drug-likeness (QED) is 0.581. The molecule has 1 heterocycles. The van der Waals surface area contributed by atoms with Crippen LogP contribution in [0.1, 0.15) is 48.2 Å². The zero-order valence-corrected chi connectivity index (χ0v) is 14.6. The monoisotopic (exact) mass is 402 g/mol. The molecular weight excluding hydrogens is 388 g/mol. The minimum Gasteiger partial charge on any atom is -0.293 e. The molecule has 4 aliphatic rings. The highest BCUT2D eigenvalue weighted by Gasteiger charge is 2.54. The van der Waals surface area contributed by atoms with Gasteiger partial charge in [-0.25, -0.2) is 0 Å². The molecule has 5 rings (SSSR count). The molecule has 1 aromatic rings. The van der Waals surface area contributed by atoms with Gasteiger partial charge in [0.2, 0.25) is 0 Å². The van der Waals surface area contributed by atoms with Crippen LogP contribution in [0.25, 0.3) is 0 Å². The van der Waals surface area contributed by atoms with Gasteiger partial charge < -0.3 is 0 Å². The second kappa shape index (κ2) is 4.41. The van der Waals surface area contributed by atoms with Gasteiger partial charge in [0.25, 0.3) is 0 Å². The van der Waals surface area contributed by atoms with E-state index in [1.807, 2.05) is 6.07 Å². The minimum absolute atomic E-state index is 0.00150. The number of thiophene rings is 1. The van der Waals surface area contributed by atoms with Gasteiger partial charge in [-0.1, -0.05) is 0 Å². The van der Waals surface area contributed by atoms with Crippen LogP contribution >= 0.6 is 43.2 Å². The normalized spacial score (nSPS) is 39.8. The van der Waals surface area contributed by atoms with Crippen molar-refractivity contribution >= 4 is 49.0 Å². The number of hydrogen-bond acceptors (Lipinski definition) is 2. The van der Waals surface area contributed by atoms with Gasteiger partial charge in [0, 0.05) is 9.89 Å². The third-order valence-corrected chi connectivity index (χ3v) is 8.64. The first-order valence-electron chi connectivity index (χ1n) is 7.05. The maximum absolute atomic E-state index is 13.0. The molecule has 19 heavy (non-hydrogen) atoms. The Hall–Kier alpha value is 0.330. The first-order valence-corrected chi connectivity index (χ1v) is 9.46. The summed E-state index contributed by atoms with van der Waals surface area (Å²) in [4.78, 5) is 14.0. The fourth-order valence-electron chi connectivity index (χ4n) is 5.11. The van der Waals surface area contributed by atoms with Crippen molar-refractivity contribution < 1.29 is 4.79 Å². The van der Waals surface area contributed by atoms with Gasteiger partial charge in [0.15, 0.2) is 5.78 Å². The summed E-state index contributed by atoms with van der Waals surface area (Å²) in [7, 11) is 0. The zero-order chi connectivity index (χ0) is 13.2. The first-order chi connectivity index (χ1) is 9.06. The molecule has 4 fully saturated rings. The van der Waals surface area contributed by atoms with Crippen molar-refractivity contribution in [3.05, 3.63) is 19.2 Å². The highest BCUT2D eigenvalue weighted by molar-refractivity contribution is 9.13. The first kappa shape index (κ1) is 13.0. The van der Waals surface area contributed by atoms with Crippen molar-refractivity contribution in [1.82, 2.24) is 0 Å². The van der Waals surface area contributed by atoms with Crippen LogP contribution in [-0.4, -0.2) is 5.78 Å². The Morgan fingerprint density at radius 2 is 1.63 bits per heavy atom. The predicted molar refractivity (Wildman–Crippen MR) is 84.7 cm³/mol. The molecule has 0 N–H and O–H groups in total. The molecular formula is C15H16Br2OS. The van der Waals surface area contributed by atoms with Crippen molar-refractivity contribution in [2.45, 2.75) is 38.5 Å². The fourth-order valence-corrected chi connectivity index (χ4v) is 7.20. The molecule has 4 aliphatic carbocycles. The van der Waals surface area contributed by atoms with E-state index in [4.69, 9.17) is 0 Å². The van der Waals surface area contributed by atoms with Crippen LogP contribution in [0, 0.1) is 23.2 Å². The van der Waals surface area contributed by atoms with Crippen molar-refractivity contribution in [3.63, 3.8) is 0 Å². The standard InChI is InChI=1S/C15H16Br2OS/c16-11-4-12(19-14(11)17)13(18)15-5-8-1-9(6-15)3-10(2-8)7-15/h4,8-10H,1-3,5-7H2. The van der Waals surface area contributed by atoms with Crippen molar-refractivity contribution in [3.8, 4) is 0 Å². The number of rotatable bonds is 2. The van der Waals surface area contributed by atoms with Gasteiger partial charge in [-0.05, 0) is 94.2 Å². The van der Waals surface area contributed by atoms with Gasteiger partial charge >= 0.3 is 0 Å². The minimum atomic E-state index is -0.00150. The van der Waals surface area contributed by atoms with Gasteiger partial charge in [-0.3, -0.25) is 4.79 Å². The number of Topliss-reactive ketones (excluding diaryl/α,β-unsaturated/α-hetero) is 1. The van der Waals surface area contributed by atoms with Crippen molar-refractivity contribution in [2.75, 3.05) is 0 Å². The van der Waals surface area contributed by atoms with E-state index < -0.39 is 0 Å². The Labute approximate surface area is 134 Å². The van der Waals surface area contributed by atoms with E-state index in [-0.39, 0.29) is 5.41 Å². The molecule has 1 nitrogen and oxygen atoms in total. The number of carbonyl (C=O) groups excluding carboxylic acids is 1. The summed E-state index contributed by atoms with van der Waals surface area (Å²) in [6.45, 7) is 0. The Balaban J connectivity index is 1.69. The average molecular weight is 404 g/mol. The van der Waals surface area contributed by atoms with E-state index in [0.717, 1.165) is 50.2 Å². The maximum atomic E-state index is 13.0. The number of hydrogen-bond donors (Lipinski definition) is 0. The van der Waals surface area contributed by atoms with E-state index in [2.05, 4.69) is 31.9 Å². The molecule has 1 aromatic heterocycles. The second-order valence-corrected chi connectivity index (χ2v) is 9.98. The molecule has 0 saturated heterocycles. The third kappa shape index (κ3) is 2.01. The second-order valence-electron chi connectivity index (χ2n) is 6.76. The van der Waals surface area contributed by atoms with Gasteiger partial charge in [0.05, 0.1) is 8.66 Å². The van der Waals surface area contributed by atoms with E-state index >= 15 is 0 Å². The van der Waals surface area contributed by atoms with Crippen molar-refractivity contribution in [1.29, 1.82) is 0 Å². The number of halogens is 2. The largest absolute Gasteiger partial charge is 0.293 e. The number of carbonyl (C=O) groups is 1. The summed E-state index contributed by atoms with van der Waals surface area (Å²) in [5, 5.41) is 0. The smallest absolute Gasteiger partial charge is 0.179 e. The van der Waals surface area contributed by atoms with Crippen LogP contribution in [0.3, 0.4) is 0 Å².